The van der Waals surface area contributed by atoms with Gasteiger partial charge in [-0.25, -0.2) is 0 Å². The zero-order chi connectivity index (χ0) is 14.4. The van der Waals surface area contributed by atoms with Crippen LogP contribution in [0.3, 0.4) is 0 Å². The van der Waals surface area contributed by atoms with E-state index in [9.17, 15) is 0 Å². The molecular weight excluding hydrogens is 248 g/mol. The smallest absolute Gasteiger partial charge is 0.119 e. The lowest BCUT2D eigenvalue weighted by Crippen LogP contribution is -2.27. The van der Waals surface area contributed by atoms with Crippen molar-refractivity contribution in [3.63, 3.8) is 0 Å². The van der Waals surface area contributed by atoms with E-state index in [0.29, 0.717) is 5.92 Å². The van der Waals surface area contributed by atoms with Gasteiger partial charge in [0.2, 0.25) is 0 Å². The Hall–Kier alpha value is -1.06. The molecule has 20 heavy (non-hydrogen) atoms. The van der Waals surface area contributed by atoms with Gasteiger partial charge in [-0.1, -0.05) is 26.0 Å². The van der Waals surface area contributed by atoms with Crippen molar-refractivity contribution in [2.24, 2.45) is 5.92 Å². The number of hydrogen-bond donors (Lipinski definition) is 1. The summed E-state index contributed by atoms with van der Waals surface area (Å²) in [7, 11) is 2.15. The van der Waals surface area contributed by atoms with E-state index in [-0.39, 0.29) is 0 Å². The summed E-state index contributed by atoms with van der Waals surface area (Å²) >= 11 is 0. The van der Waals surface area contributed by atoms with E-state index in [1.54, 1.807) is 0 Å². The third-order valence-electron chi connectivity index (χ3n) is 3.49. The number of ether oxygens (including phenoxy) is 1. The molecule has 0 heterocycles. The van der Waals surface area contributed by atoms with E-state index in [2.05, 4.69) is 49.3 Å². The molecule has 1 fully saturated rings. The fourth-order valence-electron chi connectivity index (χ4n) is 2.33. The van der Waals surface area contributed by atoms with Crippen LogP contribution in [-0.4, -0.2) is 37.7 Å². The monoisotopic (exact) mass is 276 g/mol. The molecular formula is C17H28N2O. The van der Waals surface area contributed by atoms with Crippen molar-refractivity contribution in [3.05, 3.63) is 29.8 Å². The van der Waals surface area contributed by atoms with E-state index in [1.165, 1.54) is 18.4 Å². The average molecular weight is 276 g/mol. The number of rotatable bonds is 9. The molecule has 1 N–H and O–H groups in total. The molecule has 0 amide bonds. The Bertz CT molecular complexity index is 402. The van der Waals surface area contributed by atoms with Gasteiger partial charge in [-0.2, -0.15) is 0 Å². The van der Waals surface area contributed by atoms with Crippen molar-refractivity contribution in [1.82, 2.24) is 10.2 Å². The summed E-state index contributed by atoms with van der Waals surface area (Å²) in [6.07, 6.45) is 2.66. The van der Waals surface area contributed by atoms with Crippen molar-refractivity contribution in [3.8, 4) is 5.75 Å². The summed E-state index contributed by atoms with van der Waals surface area (Å²) in [4.78, 5) is 2.32. The molecule has 1 aromatic carbocycles. The van der Waals surface area contributed by atoms with Crippen LogP contribution in [0.25, 0.3) is 0 Å². The minimum atomic E-state index is 0.705. The number of nitrogens with one attached hydrogen (secondary N) is 1. The highest BCUT2D eigenvalue weighted by Crippen LogP contribution is 2.20. The molecule has 1 aromatic rings. The van der Waals surface area contributed by atoms with Crippen molar-refractivity contribution in [2.75, 3.05) is 26.7 Å². The van der Waals surface area contributed by atoms with Crippen LogP contribution in [0.4, 0.5) is 0 Å². The minimum Gasteiger partial charge on any atom is -0.492 e. The summed E-state index contributed by atoms with van der Waals surface area (Å²) < 4.78 is 5.85. The average Bonchev–Trinajstić information content (AvgIpc) is 3.20. The zero-order valence-corrected chi connectivity index (χ0v) is 13.1. The summed E-state index contributed by atoms with van der Waals surface area (Å²) in [6, 6.07) is 9.19. The second kappa shape index (κ2) is 7.65. The maximum Gasteiger partial charge on any atom is 0.119 e. The van der Waals surface area contributed by atoms with Crippen molar-refractivity contribution in [1.29, 1.82) is 0 Å². The van der Waals surface area contributed by atoms with Crippen LogP contribution in [0.1, 0.15) is 32.3 Å². The van der Waals surface area contributed by atoms with E-state index in [0.717, 1.165) is 38.0 Å². The van der Waals surface area contributed by atoms with Gasteiger partial charge in [-0.3, -0.25) is 0 Å². The predicted molar refractivity (Wildman–Crippen MR) is 84.1 cm³/mol. The maximum atomic E-state index is 5.85. The van der Waals surface area contributed by atoms with Gasteiger partial charge in [0.1, 0.15) is 12.4 Å². The van der Waals surface area contributed by atoms with E-state index in [1.807, 2.05) is 6.07 Å². The molecule has 0 bridgehead atoms. The van der Waals surface area contributed by atoms with Gasteiger partial charge in [0, 0.05) is 25.7 Å². The lowest BCUT2D eigenvalue weighted by atomic mass is 10.2. The van der Waals surface area contributed by atoms with Crippen molar-refractivity contribution >= 4 is 0 Å². The normalized spacial score (nSPS) is 15.1. The summed E-state index contributed by atoms with van der Waals surface area (Å²) in [5, 5.41) is 3.53. The Kier molecular flexibility index (Phi) is 5.86. The lowest BCUT2D eigenvalue weighted by molar-refractivity contribution is 0.222. The van der Waals surface area contributed by atoms with Gasteiger partial charge in [0.05, 0.1) is 0 Å². The molecule has 3 heteroatoms. The molecule has 1 saturated carbocycles. The fourth-order valence-corrected chi connectivity index (χ4v) is 2.33. The Balaban J connectivity index is 1.70. The van der Waals surface area contributed by atoms with Crippen LogP contribution in [0.2, 0.25) is 0 Å². The van der Waals surface area contributed by atoms with E-state index < -0.39 is 0 Å². The third-order valence-corrected chi connectivity index (χ3v) is 3.49. The molecule has 0 radical (unpaired) electrons. The largest absolute Gasteiger partial charge is 0.492 e. The number of nitrogens with zero attached hydrogens (tertiary/aromatic N) is 1. The van der Waals surface area contributed by atoms with Crippen LogP contribution in [-0.2, 0) is 6.54 Å². The summed E-state index contributed by atoms with van der Waals surface area (Å²) in [5.74, 6) is 1.69. The Morgan fingerprint density at radius 1 is 1.35 bits per heavy atom. The Morgan fingerprint density at radius 2 is 2.15 bits per heavy atom. The molecule has 3 nitrogen and oxygen atoms in total. The van der Waals surface area contributed by atoms with E-state index in [4.69, 9.17) is 4.74 Å². The SMILES string of the molecule is CC(C)CN(C)CCOc1cccc(CNC2CC2)c1. The molecule has 0 aliphatic heterocycles. The summed E-state index contributed by atoms with van der Waals surface area (Å²) in [5.41, 5.74) is 1.31. The highest BCUT2D eigenvalue weighted by atomic mass is 16.5. The molecule has 0 spiro atoms. The van der Waals surface area contributed by atoms with Gasteiger partial charge in [-0.05, 0) is 43.5 Å². The highest BCUT2D eigenvalue weighted by molar-refractivity contribution is 5.28. The molecule has 0 saturated heterocycles. The molecule has 0 atom stereocenters. The topological polar surface area (TPSA) is 24.5 Å². The van der Waals surface area contributed by atoms with Crippen molar-refractivity contribution < 1.29 is 4.74 Å². The van der Waals surface area contributed by atoms with Gasteiger partial charge in [-0.15, -0.1) is 0 Å². The van der Waals surface area contributed by atoms with Gasteiger partial charge < -0.3 is 15.0 Å². The first-order chi connectivity index (χ1) is 9.63. The maximum absolute atomic E-state index is 5.85. The third kappa shape index (κ3) is 5.93. The van der Waals surface area contributed by atoms with Crippen molar-refractivity contribution in [2.45, 2.75) is 39.3 Å². The number of hydrogen-bond acceptors (Lipinski definition) is 3. The highest BCUT2D eigenvalue weighted by Gasteiger charge is 2.19. The number of likely N-dealkylation sites (N-methyl/N-ethyl adjacent to an activating group) is 1. The van der Waals surface area contributed by atoms with Gasteiger partial charge in [0.25, 0.3) is 0 Å². The first-order valence-corrected chi connectivity index (χ1v) is 7.77. The zero-order valence-electron chi connectivity index (χ0n) is 13.1. The molecule has 1 aliphatic rings. The van der Waals surface area contributed by atoms with E-state index >= 15 is 0 Å². The molecule has 1 aliphatic carbocycles. The molecule has 112 valence electrons. The first-order valence-electron chi connectivity index (χ1n) is 7.77. The van der Waals surface area contributed by atoms with Gasteiger partial charge in [0.15, 0.2) is 0 Å². The summed E-state index contributed by atoms with van der Waals surface area (Å²) in [6.45, 7) is 8.29. The Labute approximate surface area is 123 Å². The standard InChI is InChI=1S/C17H28N2O/c1-14(2)13-19(3)9-10-20-17-6-4-5-15(11-17)12-18-16-7-8-16/h4-6,11,14,16,18H,7-10,12-13H2,1-3H3. The molecule has 0 aromatic heterocycles. The van der Waals surface area contributed by atoms with Crippen LogP contribution < -0.4 is 10.1 Å². The van der Waals surface area contributed by atoms with Crippen LogP contribution >= 0.6 is 0 Å². The van der Waals surface area contributed by atoms with Crippen LogP contribution in [0.5, 0.6) is 5.75 Å². The first kappa shape index (κ1) is 15.3. The minimum absolute atomic E-state index is 0.705. The predicted octanol–water partition coefficient (Wildman–Crippen LogP) is 2.91. The Morgan fingerprint density at radius 3 is 2.85 bits per heavy atom. The quantitative estimate of drug-likeness (QED) is 0.750. The van der Waals surface area contributed by atoms with Crippen LogP contribution in [0.15, 0.2) is 24.3 Å². The van der Waals surface area contributed by atoms with Crippen LogP contribution in [0, 0.1) is 5.92 Å². The fraction of sp³-hybridized carbons (Fsp3) is 0.647. The second-order valence-corrected chi connectivity index (χ2v) is 6.31. The molecule has 0 unspecified atom stereocenters. The molecule has 2 rings (SSSR count). The number of benzene rings is 1. The second-order valence-electron chi connectivity index (χ2n) is 6.31. The van der Waals surface area contributed by atoms with Gasteiger partial charge >= 0.3 is 0 Å². The lowest BCUT2D eigenvalue weighted by Gasteiger charge is -2.19.